The number of halogens is 1. The van der Waals surface area contributed by atoms with Crippen LogP contribution in [0.3, 0.4) is 0 Å². The molecule has 2 heterocycles. The lowest BCUT2D eigenvalue weighted by Gasteiger charge is -2.41. The lowest BCUT2D eigenvalue weighted by Crippen LogP contribution is -2.57. The summed E-state index contributed by atoms with van der Waals surface area (Å²) in [5, 5.41) is 44.4. The zero-order valence-electron chi connectivity index (χ0n) is 12.7. The third-order valence-corrected chi connectivity index (χ3v) is 3.60. The van der Waals surface area contributed by atoms with E-state index < -0.39 is 43.3 Å². The minimum atomic E-state index is -1.34. The van der Waals surface area contributed by atoms with Crippen molar-refractivity contribution in [3.05, 3.63) is 11.9 Å². The van der Waals surface area contributed by atoms with E-state index in [0.29, 0.717) is 5.69 Å². The molecule has 0 radical (unpaired) electrons. The van der Waals surface area contributed by atoms with Gasteiger partial charge >= 0.3 is 0 Å². The van der Waals surface area contributed by atoms with Crippen LogP contribution < -0.4 is 5.73 Å². The number of ether oxygens (including phenoxy) is 3. The quantitative estimate of drug-likeness (QED) is 0.207. The van der Waals surface area contributed by atoms with E-state index in [2.05, 4.69) is 10.3 Å². The van der Waals surface area contributed by atoms with Gasteiger partial charge in [0.15, 0.2) is 6.29 Å². The predicted octanol–water partition coefficient (Wildman–Crippen LogP) is -2.08. The van der Waals surface area contributed by atoms with Gasteiger partial charge < -0.3 is 35.3 Å². The van der Waals surface area contributed by atoms with Gasteiger partial charge in [0.05, 0.1) is 19.4 Å². The zero-order chi connectivity index (χ0) is 17.7. The maximum atomic E-state index is 10.4. The number of nitrogens with two attached hydrogens (primary N) is 1. The Hall–Kier alpha value is -1.50. The van der Waals surface area contributed by atoms with Gasteiger partial charge in [0.2, 0.25) is 0 Å². The highest BCUT2D eigenvalue weighted by Crippen LogP contribution is 2.30. The van der Waals surface area contributed by atoms with Crippen molar-refractivity contribution in [3.63, 3.8) is 0 Å². The van der Waals surface area contributed by atoms with Gasteiger partial charge in [0.1, 0.15) is 36.7 Å². The monoisotopic (exact) mass is 365 g/mol. The summed E-state index contributed by atoms with van der Waals surface area (Å²) in [4.78, 5) is 0. The first-order valence-electron chi connectivity index (χ1n) is 7.15. The number of aliphatic hydroxyl groups excluding tert-OH is 3. The molecule has 1 saturated heterocycles. The molecule has 0 aliphatic carbocycles. The third kappa shape index (κ3) is 4.32. The lowest BCUT2D eigenvalue weighted by molar-refractivity contribution is -0.280. The summed E-state index contributed by atoms with van der Waals surface area (Å²) in [5.41, 5.74) is 5.45. The third-order valence-electron chi connectivity index (χ3n) is 3.45. The Bertz CT molecular complexity index is 546. The van der Waals surface area contributed by atoms with E-state index in [0.717, 1.165) is 0 Å². The van der Waals surface area contributed by atoms with Crippen LogP contribution >= 0.6 is 11.6 Å². The minimum absolute atomic E-state index is 0.0754. The molecule has 12 heteroatoms. The molecule has 1 aliphatic rings. The van der Waals surface area contributed by atoms with Gasteiger partial charge in [-0.25, -0.2) is 4.68 Å². The van der Waals surface area contributed by atoms with Crippen LogP contribution in [0, 0.1) is 5.41 Å². The fourth-order valence-electron chi connectivity index (χ4n) is 2.32. The van der Waals surface area contributed by atoms with E-state index in [1.807, 2.05) is 0 Å². The number of amidine groups is 1. The molecular weight excluding hydrogens is 346 g/mol. The van der Waals surface area contributed by atoms with E-state index in [1.54, 1.807) is 0 Å². The van der Waals surface area contributed by atoms with E-state index in [4.69, 9.17) is 37.0 Å². The second-order valence-corrected chi connectivity index (χ2v) is 5.48. The number of hydrogen-bond donors (Lipinski definition) is 5. The fourth-order valence-corrected chi connectivity index (χ4v) is 2.41. The molecule has 0 saturated carbocycles. The maximum Gasteiger partial charge on any atom is 0.279 e. The molecule has 0 amide bonds. The van der Waals surface area contributed by atoms with E-state index in [1.165, 1.54) is 10.9 Å². The second kappa shape index (κ2) is 8.55. The van der Waals surface area contributed by atoms with Crippen LogP contribution in [0.4, 0.5) is 0 Å². The molecule has 24 heavy (non-hydrogen) atoms. The summed E-state index contributed by atoms with van der Waals surface area (Å²) < 4.78 is 17.0. The smallest absolute Gasteiger partial charge is 0.279 e. The number of hydrogen-bond acceptors (Lipinski definition) is 9. The van der Waals surface area contributed by atoms with Crippen LogP contribution in [-0.4, -0.2) is 80.0 Å². The van der Waals surface area contributed by atoms with Crippen LogP contribution in [0.15, 0.2) is 6.20 Å². The summed E-state index contributed by atoms with van der Waals surface area (Å²) in [5.74, 6) is 0.198. The van der Waals surface area contributed by atoms with Crippen molar-refractivity contribution in [1.29, 1.82) is 5.41 Å². The second-order valence-electron chi connectivity index (χ2n) is 5.10. The average molecular weight is 366 g/mol. The predicted molar refractivity (Wildman–Crippen MR) is 80.2 cm³/mol. The molecule has 0 aromatic carbocycles. The van der Waals surface area contributed by atoms with Crippen LogP contribution in [0.2, 0.25) is 0 Å². The fraction of sp³-hybridized carbons (Fsp3) is 0.750. The molecule has 5 atom stereocenters. The van der Waals surface area contributed by atoms with Gasteiger partial charge in [-0.15, -0.1) is 16.7 Å². The molecule has 136 valence electrons. The highest BCUT2D eigenvalue weighted by molar-refractivity contribution is 6.17. The summed E-state index contributed by atoms with van der Waals surface area (Å²) >= 11 is 5.60. The Morgan fingerprint density at radius 3 is 2.83 bits per heavy atom. The van der Waals surface area contributed by atoms with Crippen LogP contribution in [-0.2, 0) is 20.8 Å². The average Bonchev–Trinajstić information content (AvgIpc) is 3.02. The van der Waals surface area contributed by atoms with Gasteiger partial charge in [-0.1, -0.05) is 5.21 Å². The number of rotatable bonds is 7. The molecular formula is C12H20ClN5O6. The normalized spacial score (nSPS) is 30.2. The van der Waals surface area contributed by atoms with Crippen molar-refractivity contribution < 1.29 is 29.5 Å². The molecule has 2 unspecified atom stereocenters. The van der Waals surface area contributed by atoms with Crippen LogP contribution in [0.1, 0.15) is 11.7 Å². The molecule has 2 rings (SSSR count). The molecule has 1 aromatic rings. The Balaban J connectivity index is 2.18. The number of nitrogens with zero attached hydrogens (tertiary/aromatic N) is 3. The molecule has 11 nitrogen and oxygen atoms in total. The van der Waals surface area contributed by atoms with Gasteiger partial charge in [-0.3, -0.25) is 5.41 Å². The highest BCUT2D eigenvalue weighted by Gasteiger charge is 2.46. The Morgan fingerprint density at radius 1 is 1.46 bits per heavy atom. The minimum Gasteiger partial charge on any atom is -0.459 e. The first kappa shape index (κ1) is 18.8. The first-order chi connectivity index (χ1) is 11.5. The molecule has 6 N–H and O–H groups in total. The number of alkyl halides is 1. The summed E-state index contributed by atoms with van der Waals surface area (Å²) in [6, 6.07) is -1.38. The van der Waals surface area contributed by atoms with E-state index in [9.17, 15) is 15.3 Å². The van der Waals surface area contributed by atoms with Crippen molar-refractivity contribution in [3.8, 4) is 0 Å². The Labute approximate surface area is 142 Å². The SMILES string of the molecule is N=C(N)OCc1cn(C2[C@@H](OCCCl)OC(CO)[C@@H](O)[C@@H]2O)nn1. The number of nitrogens with one attached hydrogen (secondary N) is 1. The molecule has 1 fully saturated rings. The largest absolute Gasteiger partial charge is 0.459 e. The standard InChI is InChI=1S/C12H20ClN5O6/c13-1-2-22-11-8(10(21)9(20)7(4-19)24-11)18-3-6(16-17-18)5-23-12(14)15/h3,7-11,19-21H,1-2,4-5H2,(H3,14,15)/t7?,8?,9-,10-,11+/m1/s1. The molecule has 1 aliphatic heterocycles. The van der Waals surface area contributed by atoms with Gasteiger partial charge in [0, 0.05) is 5.88 Å². The summed E-state index contributed by atoms with van der Waals surface area (Å²) in [6.07, 6.45) is -3.21. The van der Waals surface area contributed by atoms with Crippen molar-refractivity contribution in [1.82, 2.24) is 15.0 Å². The van der Waals surface area contributed by atoms with Crippen molar-refractivity contribution in [2.75, 3.05) is 19.1 Å². The van der Waals surface area contributed by atoms with Gasteiger partial charge in [-0.05, 0) is 0 Å². The maximum absolute atomic E-state index is 10.4. The molecule has 0 bridgehead atoms. The summed E-state index contributed by atoms with van der Waals surface area (Å²) in [6.45, 7) is -0.423. The Morgan fingerprint density at radius 2 is 2.21 bits per heavy atom. The molecule has 1 aromatic heterocycles. The van der Waals surface area contributed by atoms with Crippen LogP contribution in [0.5, 0.6) is 0 Å². The first-order valence-corrected chi connectivity index (χ1v) is 7.69. The zero-order valence-corrected chi connectivity index (χ0v) is 13.4. The van der Waals surface area contributed by atoms with Crippen molar-refractivity contribution >= 4 is 17.6 Å². The van der Waals surface area contributed by atoms with Crippen molar-refractivity contribution in [2.45, 2.75) is 37.3 Å². The van der Waals surface area contributed by atoms with Crippen LogP contribution in [0.25, 0.3) is 0 Å². The Kier molecular flexibility index (Phi) is 6.71. The van der Waals surface area contributed by atoms with Gasteiger partial charge in [-0.2, -0.15) is 0 Å². The van der Waals surface area contributed by atoms with Crippen molar-refractivity contribution in [2.24, 2.45) is 5.73 Å². The summed E-state index contributed by atoms with van der Waals surface area (Å²) in [7, 11) is 0. The topological polar surface area (TPSA) is 169 Å². The lowest BCUT2D eigenvalue weighted by atomic mass is 9.97. The number of aliphatic hydroxyl groups is 3. The number of aromatic nitrogens is 3. The van der Waals surface area contributed by atoms with Gasteiger partial charge in [0.25, 0.3) is 6.02 Å². The highest BCUT2D eigenvalue weighted by atomic mass is 35.5. The molecule has 0 spiro atoms. The van der Waals surface area contributed by atoms with E-state index >= 15 is 0 Å². The van der Waals surface area contributed by atoms with E-state index in [-0.39, 0.29) is 19.1 Å².